The Hall–Kier alpha value is -0.440. The topological polar surface area (TPSA) is 17.8 Å². The van der Waals surface area contributed by atoms with Crippen LogP contribution in [-0.2, 0) is 13.0 Å². The van der Waals surface area contributed by atoms with E-state index in [1.807, 2.05) is 11.8 Å². The van der Waals surface area contributed by atoms with Gasteiger partial charge in [-0.05, 0) is 30.9 Å². The molecule has 0 aliphatic carbocycles. The predicted molar refractivity (Wildman–Crippen MR) is 59.2 cm³/mol. The van der Waals surface area contributed by atoms with Crippen molar-refractivity contribution in [3.63, 3.8) is 0 Å². The molecule has 0 atom stereocenters. The highest BCUT2D eigenvalue weighted by molar-refractivity contribution is 7.98. The van der Waals surface area contributed by atoms with Crippen molar-refractivity contribution in [1.29, 1.82) is 0 Å². The van der Waals surface area contributed by atoms with Crippen LogP contribution in [0.25, 0.3) is 0 Å². The second-order valence-corrected chi connectivity index (χ2v) is 4.15. The van der Waals surface area contributed by atoms with Crippen molar-refractivity contribution in [3.05, 3.63) is 18.0 Å². The summed E-state index contributed by atoms with van der Waals surface area (Å²) < 4.78 is 2.06. The van der Waals surface area contributed by atoms with E-state index in [2.05, 4.69) is 35.2 Å². The monoisotopic (exact) mass is 198 g/mol. The summed E-state index contributed by atoms with van der Waals surface area (Å²) in [4.78, 5) is 0. The van der Waals surface area contributed by atoms with Crippen LogP contribution in [0.4, 0.5) is 0 Å². The van der Waals surface area contributed by atoms with Crippen LogP contribution in [0.5, 0.6) is 0 Å². The lowest BCUT2D eigenvalue weighted by molar-refractivity contribution is 0.596. The molecule has 1 aromatic rings. The van der Waals surface area contributed by atoms with Crippen molar-refractivity contribution in [2.45, 2.75) is 32.7 Å². The molecule has 74 valence electrons. The Bertz CT molecular complexity index is 233. The average Bonchev–Trinajstić information content (AvgIpc) is 2.54. The van der Waals surface area contributed by atoms with E-state index in [0.29, 0.717) is 0 Å². The lowest BCUT2D eigenvalue weighted by atomic mass is 10.3. The molecule has 0 aliphatic heterocycles. The van der Waals surface area contributed by atoms with Gasteiger partial charge in [-0.15, -0.1) is 0 Å². The first-order valence-corrected chi connectivity index (χ1v) is 6.27. The predicted octanol–water partition coefficient (Wildman–Crippen LogP) is 2.59. The number of aromatic nitrogens is 2. The van der Waals surface area contributed by atoms with Gasteiger partial charge in [-0.2, -0.15) is 16.9 Å². The van der Waals surface area contributed by atoms with Gasteiger partial charge in [0, 0.05) is 12.7 Å². The molecule has 0 fully saturated rings. The number of hydrogen-bond donors (Lipinski definition) is 0. The Balaban J connectivity index is 2.31. The number of hydrogen-bond acceptors (Lipinski definition) is 2. The summed E-state index contributed by atoms with van der Waals surface area (Å²) in [6, 6.07) is 2.13. The van der Waals surface area contributed by atoms with Crippen molar-refractivity contribution in [2.24, 2.45) is 0 Å². The fraction of sp³-hybridized carbons (Fsp3) is 0.700. The molecular weight excluding hydrogens is 180 g/mol. The van der Waals surface area contributed by atoms with Crippen LogP contribution < -0.4 is 0 Å². The van der Waals surface area contributed by atoms with E-state index in [-0.39, 0.29) is 0 Å². The minimum atomic E-state index is 1.06. The summed E-state index contributed by atoms with van der Waals surface area (Å²) in [6.45, 7) is 3.25. The first kappa shape index (κ1) is 10.6. The molecule has 0 aliphatic rings. The van der Waals surface area contributed by atoms with Gasteiger partial charge in [0.1, 0.15) is 0 Å². The maximum atomic E-state index is 4.48. The van der Waals surface area contributed by atoms with E-state index in [4.69, 9.17) is 0 Å². The Morgan fingerprint density at radius 1 is 1.54 bits per heavy atom. The highest BCUT2D eigenvalue weighted by Gasteiger charge is 1.96. The summed E-state index contributed by atoms with van der Waals surface area (Å²) in [5.41, 5.74) is 1.23. The van der Waals surface area contributed by atoms with Crippen LogP contribution >= 0.6 is 11.8 Å². The van der Waals surface area contributed by atoms with Crippen LogP contribution in [0.1, 0.15) is 25.5 Å². The molecule has 0 unspecified atom stereocenters. The van der Waals surface area contributed by atoms with Crippen molar-refractivity contribution in [2.75, 3.05) is 12.0 Å². The lowest BCUT2D eigenvalue weighted by Crippen LogP contribution is -2.00. The fourth-order valence-corrected chi connectivity index (χ4v) is 1.71. The number of thioether (sulfide) groups is 1. The SMILES string of the molecule is CCCc1ccn(CCCSC)n1. The molecule has 13 heavy (non-hydrogen) atoms. The van der Waals surface area contributed by atoms with Gasteiger partial charge in [0.15, 0.2) is 0 Å². The third-order valence-corrected chi connectivity index (χ3v) is 2.63. The highest BCUT2D eigenvalue weighted by atomic mass is 32.2. The van der Waals surface area contributed by atoms with Crippen LogP contribution in [0.15, 0.2) is 12.3 Å². The molecule has 1 rings (SSSR count). The second-order valence-electron chi connectivity index (χ2n) is 3.17. The maximum Gasteiger partial charge on any atom is 0.0624 e. The largest absolute Gasteiger partial charge is 0.272 e. The molecule has 0 N–H and O–H groups in total. The zero-order chi connectivity index (χ0) is 9.52. The van der Waals surface area contributed by atoms with E-state index in [1.54, 1.807) is 0 Å². The number of rotatable bonds is 6. The lowest BCUT2D eigenvalue weighted by Gasteiger charge is -1.99. The van der Waals surface area contributed by atoms with Crippen molar-refractivity contribution >= 4 is 11.8 Å². The van der Waals surface area contributed by atoms with E-state index in [1.165, 1.54) is 24.3 Å². The molecule has 1 heterocycles. The highest BCUT2D eigenvalue weighted by Crippen LogP contribution is 2.02. The number of nitrogens with zero attached hydrogens (tertiary/aromatic N) is 2. The third-order valence-electron chi connectivity index (χ3n) is 1.94. The van der Waals surface area contributed by atoms with Gasteiger partial charge in [0.25, 0.3) is 0 Å². The Kier molecular flexibility index (Phi) is 4.98. The summed E-state index contributed by atoms with van der Waals surface area (Å²) in [5, 5.41) is 4.48. The molecule has 0 radical (unpaired) electrons. The van der Waals surface area contributed by atoms with Gasteiger partial charge >= 0.3 is 0 Å². The van der Waals surface area contributed by atoms with E-state index in [0.717, 1.165) is 13.0 Å². The molecule has 0 saturated heterocycles. The van der Waals surface area contributed by atoms with E-state index in [9.17, 15) is 0 Å². The smallest absolute Gasteiger partial charge is 0.0624 e. The second kappa shape index (κ2) is 6.08. The normalized spacial score (nSPS) is 10.6. The first-order chi connectivity index (χ1) is 6.36. The van der Waals surface area contributed by atoms with Gasteiger partial charge in [-0.25, -0.2) is 0 Å². The van der Waals surface area contributed by atoms with Crippen molar-refractivity contribution in [1.82, 2.24) is 9.78 Å². The first-order valence-electron chi connectivity index (χ1n) is 4.88. The quantitative estimate of drug-likeness (QED) is 0.654. The summed E-state index contributed by atoms with van der Waals surface area (Å²) in [6.07, 6.45) is 7.74. The standard InChI is InChI=1S/C10H18N2S/c1-3-5-10-6-8-12(11-10)7-4-9-13-2/h6,8H,3-5,7,9H2,1-2H3. The summed E-state index contributed by atoms with van der Waals surface area (Å²) in [7, 11) is 0. The molecule has 0 aromatic carbocycles. The minimum absolute atomic E-state index is 1.06. The third kappa shape index (κ3) is 3.85. The van der Waals surface area contributed by atoms with Crippen LogP contribution in [0, 0.1) is 0 Å². The van der Waals surface area contributed by atoms with Crippen molar-refractivity contribution in [3.8, 4) is 0 Å². The Labute approximate surface area is 84.7 Å². The number of aryl methyl sites for hydroxylation is 2. The van der Waals surface area contributed by atoms with E-state index >= 15 is 0 Å². The summed E-state index contributed by atoms with van der Waals surface area (Å²) in [5.74, 6) is 1.23. The fourth-order valence-electron chi connectivity index (χ4n) is 1.29. The van der Waals surface area contributed by atoms with Gasteiger partial charge in [0.2, 0.25) is 0 Å². The Morgan fingerprint density at radius 3 is 3.08 bits per heavy atom. The average molecular weight is 198 g/mol. The maximum absolute atomic E-state index is 4.48. The van der Waals surface area contributed by atoms with Gasteiger partial charge in [-0.3, -0.25) is 4.68 Å². The van der Waals surface area contributed by atoms with Gasteiger partial charge in [0.05, 0.1) is 5.69 Å². The van der Waals surface area contributed by atoms with Crippen LogP contribution in [0.3, 0.4) is 0 Å². The molecule has 2 nitrogen and oxygen atoms in total. The van der Waals surface area contributed by atoms with Crippen LogP contribution in [0.2, 0.25) is 0 Å². The Morgan fingerprint density at radius 2 is 2.38 bits per heavy atom. The zero-order valence-electron chi connectivity index (χ0n) is 8.49. The van der Waals surface area contributed by atoms with Crippen LogP contribution in [-0.4, -0.2) is 21.8 Å². The van der Waals surface area contributed by atoms with Crippen molar-refractivity contribution < 1.29 is 0 Å². The molecule has 1 aromatic heterocycles. The molecule has 0 saturated carbocycles. The van der Waals surface area contributed by atoms with Gasteiger partial charge < -0.3 is 0 Å². The molecular formula is C10H18N2S. The van der Waals surface area contributed by atoms with Gasteiger partial charge in [-0.1, -0.05) is 13.3 Å². The molecule has 0 spiro atoms. The minimum Gasteiger partial charge on any atom is -0.272 e. The molecule has 0 bridgehead atoms. The summed E-state index contributed by atoms with van der Waals surface area (Å²) >= 11 is 1.90. The molecule has 3 heteroatoms. The molecule has 0 amide bonds. The van der Waals surface area contributed by atoms with E-state index < -0.39 is 0 Å². The zero-order valence-corrected chi connectivity index (χ0v) is 9.31.